The summed E-state index contributed by atoms with van der Waals surface area (Å²) in [5.41, 5.74) is 1.79. The third kappa shape index (κ3) is 2.10. The van der Waals surface area contributed by atoms with E-state index in [0.717, 1.165) is 6.42 Å². The smallest absolute Gasteiger partial charge is 0.0194 e. The minimum atomic E-state index is 0.349. The van der Waals surface area contributed by atoms with Crippen molar-refractivity contribution in [2.45, 2.75) is 25.8 Å². The van der Waals surface area contributed by atoms with Crippen LogP contribution in [0.2, 0.25) is 0 Å². The molecule has 13 heavy (non-hydrogen) atoms. The summed E-state index contributed by atoms with van der Waals surface area (Å²) in [6.45, 7) is 7.21. The zero-order valence-electron chi connectivity index (χ0n) is 8.46. The van der Waals surface area contributed by atoms with Crippen molar-refractivity contribution in [3.63, 3.8) is 0 Å². The van der Waals surface area contributed by atoms with Gasteiger partial charge in [-0.1, -0.05) is 30.3 Å². The summed E-state index contributed by atoms with van der Waals surface area (Å²) in [6.07, 6.45) is 1.16. The van der Waals surface area contributed by atoms with Crippen molar-refractivity contribution in [1.82, 2.24) is 4.90 Å². The van der Waals surface area contributed by atoms with Crippen molar-refractivity contribution in [1.29, 1.82) is 0 Å². The van der Waals surface area contributed by atoms with Crippen LogP contribution in [-0.4, -0.2) is 23.5 Å². The Bertz CT molecular complexity index is 272. The maximum absolute atomic E-state index is 2.51. The van der Waals surface area contributed by atoms with Crippen LogP contribution in [0.25, 0.3) is 0 Å². The third-order valence-corrected chi connectivity index (χ3v) is 2.78. The van der Waals surface area contributed by atoms with Crippen molar-refractivity contribution in [3.05, 3.63) is 35.9 Å². The molecule has 70 valence electrons. The predicted octanol–water partition coefficient (Wildman–Crippen LogP) is 2.32. The Kier molecular flexibility index (Phi) is 2.12. The van der Waals surface area contributed by atoms with Crippen LogP contribution in [-0.2, 0) is 6.42 Å². The molecule has 0 N–H and O–H groups in total. The van der Waals surface area contributed by atoms with Crippen LogP contribution in [0, 0.1) is 0 Å². The second kappa shape index (κ2) is 3.15. The Hall–Kier alpha value is -0.820. The lowest BCUT2D eigenvalue weighted by atomic mass is 9.95. The molecule has 1 heteroatoms. The highest BCUT2D eigenvalue weighted by Gasteiger charge is 2.34. The lowest BCUT2D eigenvalue weighted by molar-refractivity contribution is 0.279. The van der Waals surface area contributed by atoms with Gasteiger partial charge in [0.1, 0.15) is 0 Å². The van der Waals surface area contributed by atoms with Gasteiger partial charge in [0.15, 0.2) is 0 Å². The van der Waals surface area contributed by atoms with Gasteiger partial charge in [-0.05, 0) is 25.8 Å². The van der Waals surface area contributed by atoms with Crippen molar-refractivity contribution in [2.24, 2.45) is 0 Å². The second-order valence-corrected chi connectivity index (χ2v) is 4.46. The minimum Gasteiger partial charge on any atom is -0.295 e. The van der Waals surface area contributed by atoms with E-state index in [0.29, 0.717) is 5.54 Å². The Balaban J connectivity index is 2.04. The van der Waals surface area contributed by atoms with Crippen molar-refractivity contribution in [3.8, 4) is 0 Å². The molecule has 1 aromatic carbocycles. The number of hydrogen-bond acceptors (Lipinski definition) is 1. The van der Waals surface area contributed by atoms with Gasteiger partial charge in [-0.15, -0.1) is 0 Å². The maximum atomic E-state index is 2.51. The topological polar surface area (TPSA) is 3.01 Å². The highest BCUT2D eigenvalue weighted by Crippen LogP contribution is 2.25. The molecule has 0 amide bonds. The zero-order chi connectivity index (χ0) is 9.31. The first-order valence-electron chi connectivity index (χ1n) is 4.97. The van der Waals surface area contributed by atoms with Crippen molar-refractivity contribution < 1.29 is 0 Å². The van der Waals surface area contributed by atoms with Crippen LogP contribution in [0.4, 0.5) is 0 Å². The van der Waals surface area contributed by atoms with E-state index in [1.54, 1.807) is 0 Å². The summed E-state index contributed by atoms with van der Waals surface area (Å²) in [7, 11) is 0. The Labute approximate surface area is 80.4 Å². The lowest BCUT2D eigenvalue weighted by Gasteiger charge is -2.26. The highest BCUT2D eigenvalue weighted by atomic mass is 15.3. The van der Waals surface area contributed by atoms with Gasteiger partial charge in [0.2, 0.25) is 0 Å². The molecule has 0 atom stereocenters. The standard InChI is InChI=1S/C12H17N/c1-12(2,13-8-9-13)10-11-6-4-3-5-7-11/h3-7H,8-10H2,1-2H3. The predicted molar refractivity (Wildman–Crippen MR) is 55.8 cm³/mol. The van der Waals surface area contributed by atoms with Crippen molar-refractivity contribution >= 4 is 0 Å². The molecule has 1 aromatic rings. The molecule has 0 spiro atoms. The first-order chi connectivity index (χ1) is 6.18. The van der Waals surface area contributed by atoms with E-state index in [1.807, 2.05) is 0 Å². The largest absolute Gasteiger partial charge is 0.295 e. The van der Waals surface area contributed by atoms with E-state index in [-0.39, 0.29) is 0 Å². The second-order valence-electron chi connectivity index (χ2n) is 4.46. The van der Waals surface area contributed by atoms with Gasteiger partial charge in [0.05, 0.1) is 0 Å². The summed E-state index contributed by atoms with van der Waals surface area (Å²) in [6, 6.07) is 10.7. The SMILES string of the molecule is CC(C)(Cc1ccccc1)N1CC1. The first-order valence-corrected chi connectivity index (χ1v) is 4.97. The van der Waals surface area contributed by atoms with Crippen LogP contribution < -0.4 is 0 Å². The molecule has 0 aliphatic carbocycles. The monoisotopic (exact) mass is 175 g/mol. The summed E-state index contributed by atoms with van der Waals surface area (Å²) >= 11 is 0. The van der Waals surface area contributed by atoms with E-state index >= 15 is 0 Å². The minimum absolute atomic E-state index is 0.349. The number of rotatable bonds is 3. The van der Waals surface area contributed by atoms with Gasteiger partial charge in [-0.2, -0.15) is 0 Å². The summed E-state index contributed by atoms with van der Waals surface area (Å²) in [5.74, 6) is 0. The molecular formula is C12H17N. The number of benzene rings is 1. The molecule has 0 bridgehead atoms. The molecule has 1 aliphatic heterocycles. The summed E-state index contributed by atoms with van der Waals surface area (Å²) in [5, 5.41) is 0. The fourth-order valence-electron chi connectivity index (χ4n) is 1.86. The number of nitrogens with zero attached hydrogens (tertiary/aromatic N) is 1. The van der Waals surface area contributed by atoms with E-state index < -0.39 is 0 Å². The molecule has 0 radical (unpaired) electrons. The molecule has 1 fully saturated rings. The molecule has 0 unspecified atom stereocenters. The van der Waals surface area contributed by atoms with Gasteiger partial charge in [0, 0.05) is 18.6 Å². The molecule has 1 aliphatic rings. The average Bonchev–Trinajstić information content (AvgIpc) is 2.87. The average molecular weight is 175 g/mol. The van der Waals surface area contributed by atoms with Crippen LogP contribution in [0.5, 0.6) is 0 Å². The lowest BCUT2D eigenvalue weighted by Crippen LogP contribution is -2.32. The summed E-state index contributed by atoms with van der Waals surface area (Å²) in [4.78, 5) is 2.51. The Morgan fingerprint density at radius 1 is 1.15 bits per heavy atom. The van der Waals surface area contributed by atoms with Gasteiger partial charge in [-0.3, -0.25) is 4.90 Å². The van der Waals surface area contributed by atoms with Crippen LogP contribution in [0.3, 0.4) is 0 Å². The van der Waals surface area contributed by atoms with Gasteiger partial charge < -0.3 is 0 Å². The zero-order valence-corrected chi connectivity index (χ0v) is 8.46. The van der Waals surface area contributed by atoms with E-state index in [1.165, 1.54) is 18.7 Å². The van der Waals surface area contributed by atoms with E-state index in [2.05, 4.69) is 49.1 Å². The molecule has 1 nitrogen and oxygen atoms in total. The molecule has 2 rings (SSSR count). The molecule has 0 aromatic heterocycles. The van der Waals surface area contributed by atoms with Crippen LogP contribution >= 0.6 is 0 Å². The molecule has 1 heterocycles. The molecule has 1 saturated heterocycles. The van der Waals surface area contributed by atoms with Crippen LogP contribution in [0.1, 0.15) is 19.4 Å². The normalized spacial score (nSPS) is 17.4. The molecule has 0 saturated carbocycles. The van der Waals surface area contributed by atoms with E-state index in [9.17, 15) is 0 Å². The van der Waals surface area contributed by atoms with Gasteiger partial charge in [0.25, 0.3) is 0 Å². The van der Waals surface area contributed by atoms with Crippen LogP contribution in [0.15, 0.2) is 30.3 Å². The molecular weight excluding hydrogens is 158 g/mol. The number of hydrogen-bond donors (Lipinski definition) is 0. The Morgan fingerprint density at radius 3 is 2.31 bits per heavy atom. The van der Waals surface area contributed by atoms with Gasteiger partial charge >= 0.3 is 0 Å². The Morgan fingerprint density at radius 2 is 1.77 bits per heavy atom. The summed E-state index contributed by atoms with van der Waals surface area (Å²) < 4.78 is 0. The fourth-order valence-corrected chi connectivity index (χ4v) is 1.86. The first kappa shape index (κ1) is 8.76. The quantitative estimate of drug-likeness (QED) is 0.637. The van der Waals surface area contributed by atoms with Gasteiger partial charge in [-0.25, -0.2) is 0 Å². The maximum Gasteiger partial charge on any atom is 0.0194 e. The van der Waals surface area contributed by atoms with Crippen molar-refractivity contribution in [2.75, 3.05) is 13.1 Å². The third-order valence-electron chi connectivity index (χ3n) is 2.78. The highest BCUT2D eigenvalue weighted by molar-refractivity contribution is 5.17. The fraction of sp³-hybridized carbons (Fsp3) is 0.500. The van der Waals surface area contributed by atoms with E-state index in [4.69, 9.17) is 0 Å².